The molecule has 15 heteroatoms. The van der Waals surface area contributed by atoms with Crippen LogP contribution >= 0.6 is 0 Å². The van der Waals surface area contributed by atoms with E-state index >= 15 is 0 Å². The fourth-order valence-electron chi connectivity index (χ4n) is 3.21. The van der Waals surface area contributed by atoms with Gasteiger partial charge in [0, 0.05) is 18.8 Å². The van der Waals surface area contributed by atoms with Gasteiger partial charge < -0.3 is 4.90 Å². The zero-order valence-corrected chi connectivity index (χ0v) is 22.6. The normalized spacial score (nSPS) is 13.0. The fraction of sp³-hybridized carbons (Fsp3) is 0.417. The van der Waals surface area contributed by atoms with E-state index in [1.165, 1.54) is 0 Å². The van der Waals surface area contributed by atoms with Crippen LogP contribution in [0.25, 0.3) is 6.08 Å². The number of nitrogens with zero attached hydrogens (tertiary/aromatic N) is 3. The van der Waals surface area contributed by atoms with Crippen molar-refractivity contribution in [3.05, 3.63) is 58.3 Å². The molecule has 216 valence electrons. The number of sulfone groups is 2. The van der Waals surface area contributed by atoms with E-state index in [4.69, 9.17) is 0 Å². The second-order valence-corrected chi connectivity index (χ2v) is 12.4. The summed E-state index contributed by atoms with van der Waals surface area (Å²) in [5.74, 6) is 0. The van der Waals surface area contributed by atoms with Crippen molar-refractivity contribution in [2.24, 2.45) is 10.2 Å². The highest BCUT2D eigenvalue weighted by molar-refractivity contribution is 8.15. The minimum Gasteiger partial charge on any atom is -0.372 e. The predicted molar refractivity (Wildman–Crippen MR) is 137 cm³/mol. The van der Waals surface area contributed by atoms with E-state index in [0.717, 1.165) is 68.7 Å². The fourth-order valence-corrected chi connectivity index (χ4v) is 5.98. The molecular formula is C24H27F6N3O4S2. The van der Waals surface area contributed by atoms with E-state index in [-0.39, 0.29) is 11.8 Å². The van der Waals surface area contributed by atoms with Crippen molar-refractivity contribution < 1.29 is 43.2 Å². The molecule has 0 spiro atoms. The summed E-state index contributed by atoms with van der Waals surface area (Å²) >= 11 is 0. The average molecular weight is 600 g/mol. The Morgan fingerprint density at radius 2 is 1.10 bits per heavy atom. The molecule has 0 saturated carbocycles. The van der Waals surface area contributed by atoms with Crippen LogP contribution in [0.2, 0.25) is 0 Å². The number of anilines is 1. The number of azo groups is 1. The molecule has 0 fully saturated rings. The van der Waals surface area contributed by atoms with Gasteiger partial charge in [-0.3, -0.25) is 0 Å². The van der Waals surface area contributed by atoms with Crippen molar-refractivity contribution in [3.63, 3.8) is 0 Å². The topological polar surface area (TPSA) is 96.2 Å². The molecule has 0 atom stereocenters. The number of alkyl halides is 6. The van der Waals surface area contributed by atoms with Crippen LogP contribution in [0.4, 0.5) is 43.4 Å². The zero-order valence-electron chi connectivity index (χ0n) is 21.0. The van der Waals surface area contributed by atoms with Crippen LogP contribution in [0, 0.1) is 0 Å². The van der Waals surface area contributed by atoms with Crippen LogP contribution in [0.5, 0.6) is 0 Å². The van der Waals surface area contributed by atoms with Crippen molar-refractivity contribution in [3.8, 4) is 0 Å². The van der Waals surface area contributed by atoms with Crippen molar-refractivity contribution in [2.45, 2.75) is 50.5 Å². The first-order chi connectivity index (χ1) is 18.0. The highest BCUT2D eigenvalue weighted by Gasteiger charge is 2.59. The number of benzene rings is 2. The van der Waals surface area contributed by atoms with E-state index in [2.05, 4.69) is 29.0 Å². The second-order valence-electron chi connectivity index (χ2n) is 8.36. The molecule has 0 heterocycles. The van der Waals surface area contributed by atoms with Crippen LogP contribution < -0.4 is 4.90 Å². The Morgan fingerprint density at radius 3 is 1.46 bits per heavy atom. The molecule has 0 radical (unpaired) electrons. The Hall–Kier alpha value is -2.94. The predicted octanol–water partition coefficient (Wildman–Crippen LogP) is 7.68. The number of unbranched alkanes of at least 4 members (excludes halogenated alkanes) is 2. The monoisotopic (exact) mass is 599 g/mol. The lowest BCUT2D eigenvalue weighted by atomic mass is 10.2. The van der Waals surface area contributed by atoms with E-state index in [1.807, 2.05) is 12.1 Å². The SMILES string of the molecule is CCCCN(CCCC)c1ccc(N=Nc2ccc(C=C(S(=O)(=O)C(F)(F)F)S(=O)(=O)C(F)(F)F)cc2)cc1. The summed E-state index contributed by atoms with van der Waals surface area (Å²) < 4.78 is 121. The van der Waals surface area contributed by atoms with Crippen LogP contribution in [-0.4, -0.2) is 40.9 Å². The smallest absolute Gasteiger partial charge is 0.372 e. The summed E-state index contributed by atoms with van der Waals surface area (Å²) in [6, 6.07) is 11.3. The van der Waals surface area contributed by atoms with Gasteiger partial charge in [0.1, 0.15) is 0 Å². The molecule has 2 rings (SSSR count). The van der Waals surface area contributed by atoms with E-state index in [9.17, 15) is 43.2 Å². The van der Waals surface area contributed by atoms with Gasteiger partial charge in [0.2, 0.25) is 0 Å². The lowest BCUT2D eigenvalue weighted by Gasteiger charge is -2.24. The van der Waals surface area contributed by atoms with E-state index in [1.54, 1.807) is 12.1 Å². The lowest BCUT2D eigenvalue weighted by molar-refractivity contribution is -0.0443. The molecule has 7 nitrogen and oxygen atoms in total. The summed E-state index contributed by atoms with van der Waals surface area (Å²) in [6.45, 7) is 6.04. The molecule has 0 aliphatic rings. The molecule has 39 heavy (non-hydrogen) atoms. The molecular weight excluding hydrogens is 572 g/mol. The molecule has 0 N–H and O–H groups in total. The lowest BCUT2D eigenvalue weighted by Crippen LogP contribution is -2.34. The average Bonchev–Trinajstić information content (AvgIpc) is 2.85. The maximum Gasteiger partial charge on any atom is 0.502 e. The third-order valence-electron chi connectivity index (χ3n) is 5.38. The number of hydrogen-bond acceptors (Lipinski definition) is 7. The molecule has 2 aromatic rings. The molecule has 0 aliphatic carbocycles. The third-order valence-corrected chi connectivity index (χ3v) is 9.21. The molecule has 0 saturated heterocycles. The Bertz CT molecular complexity index is 1310. The van der Waals surface area contributed by atoms with Crippen LogP contribution in [0.15, 0.2) is 63.0 Å². The Morgan fingerprint density at radius 1 is 0.718 bits per heavy atom. The van der Waals surface area contributed by atoms with Gasteiger partial charge in [-0.25, -0.2) is 16.8 Å². The first-order valence-corrected chi connectivity index (χ1v) is 14.7. The molecule has 0 aromatic heterocycles. The number of rotatable bonds is 12. The third kappa shape index (κ3) is 8.27. The first-order valence-electron chi connectivity index (χ1n) is 11.8. The van der Waals surface area contributed by atoms with Gasteiger partial charge in [0.25, 0.3) is 19.7 Å². The molecule has 0 aliphatic heterocycles. The Kier molecular flexibility index (Phi) is 10.7. The molecule has 0 unspecified atom stereocenters. The maximum atomic E-state index is 12.9. The number of halogens is 6. The van der Waals surface area contributed by atoms with Gasteiger partial charge in [-0.2, -0.15) is 36.6 Å². The van der Waals surface area contributed by atoms with Crippen molar-refractivity contribution in [2.75, 3.05) is 18.0 Å². The summed E-state index contributed by atoms with van der Waals surface area (Å²) in [7, 11) is -13.7. The standard InChI is InChI=1S/C24H27F6N3O4S2/c1-3-5-15-33(16-6-4-2)21-13-11-20(12-14-21)32-31-19-9-7-18(8-10-19)17-22(38(34,35)23(25,26)27)39(36,37)24(28,29)30/h7-14,17H,3-6,15-16H2,1-2H3. The van der Waals surface area contributed by atoms with Gasteiger partial charge in [-0.15, -0.1) is 0 Å². The molecule has 2 aromatic carbocycles. The van der Waals surface area contributed by atoms with E-state index in [0.29, 0.717) is 5.69 Å². The minimum absolute atomic E-state index is 0.127. The second kappa shape index (κ2) is 12.9. The van der Waals surface area contributed by atoms with E-state index < -0.39 is 40.5 Å². The summed E-state index contributed by atoms with van der Waals surface area (Å²) in [5.41, 5.74) is -11.5. The van der Waals surface area contributed by atoms with Gasteiger partial charge in [0.05, 0.1) is 11.4 Å². The quantitative estimate of drug-likeness (QED) is 0.184. The zero-order chi connectivity index (χ0) is 29.5. The largest absolute Gasteiger partial charge is 0.502 e. The van der Waals surface area contributed by atoms with Crippen LogP contribution in [-0.2, 0) is 19.7 Å². The van der Waals surface area contributed by atoms with Crippen LogP contribution in [0.3, 0.4) is 0 Å². The highest BCUT2D eigenvalue weighted by atomic mass is 32.3. The van der Waals surface area contributed by atoms with Crippen molar-refractivity contribution >= 4 is 42.8 Å². The van der Waals surface area contributed by atoms with Gasteiger partial charge >= 0.3 is 11.0 Å². The van der Waals surface area contributed by atoms with Crippen LogP contribution in [0.1, 0.15) is 45.1 Å². The summed E-state index contributed by atoms with van der Waals surface area (Å²) in [5, 5.41) is 7.98. The Labute approximate surface area is 223 Å². The van der Waals surface area contributed by atoms with Gasteiger partial charge in [-0.1, -0.05) is 38.8 Å². The molecule has 0 amide bonds. The molecule has 0 bridgehead atoms. The first kappa shape index (κ1) is 32.3. The number of hydrogen-bond donors (Lipinski definition) is 0. The minimum atomic E-state index is -6.85. The van der Waals surface area contributed by atoms with Gasteiger partial charge in [-0.05, 0) is 60.9 Å². The van der Waals surface area contributed by atoms with Gasteiger partial charge in [0.15, 0.2) is 4.24 Å². The Balaban J connectivity index is 2.31. The summed E-state index contributed by atoms with van der Waals surface area (Å²) in [6.07, 6.45) is 4.00. The highest BCUT2D eigenvalue weighted by Crippen LogP contribution is 2.39. The maximum absolute atomic E-state index is 12.9. The van der Waals surface area contributed by atoms with Crippen molar-refractivity contribution in [1.29, 1.82) is 0 Å². The summed E-state index contributed by atoms with van der Waals surface area (Å²) in [4.78, 5) is 2.27. The van der Waals surface area contributed by atoms with Crippen molar-refractivity contribution in [1.82, 2.24) is 0 Å².